The van der Waals surface area contributed by atoms with Crippen molar-refractivity contribution in [3.63, 3.8) is 0 Å². The van der Waals surface area contributed by atoms with Crippen molar-refractivity contribution in [1.82, 2.24) is 10.6 Å². The Morgan fingerprint density at radius 2 is 1.78 bits per heavy atom. The summed E-state index contributed by atoms with van der Waals surface area (Å²) < 4.78 is 5.26. The number of carbonyl (C=O) groups excluding carboxylic acids is 1. The minimum atomic E-state index is -0.792. The first-order valence-electron chi connectivity index (χ1n) is 12.6. The molecule has 0 saturated heterocycles. The third kappa shape index (κ3) is 8.60. The summed E-state index contributed by atoms with van der Waals surface area (Å²) in [5, 5.41) is 36.1. The summed E-state index contributed by atoms with van der Waals surface area (Å²) in [6.07, 6.45) is 1.56. The molecule has 0 aromatic heterocycles. The lowest BCUT2D eigenvalue weighted by molar-refractivity contribution is 0.0953. The molecule has 0 heterocycles. The van der Waals surface area contributed by atoms with Crippen LogP contribution in [0.2, 0.25) is 0 Å². The van der Waals surface area contributed by atoms with E-state index in [9.17, 15) is 20.1 Å². The van der Waals surface area contributed by atoms with Gasteiger partial charge in [-0.2, -0.15) is 0 Å². The molecule has 0 aliphatic heterocycles. The molecule has 0 aliphatic rings. The number of aryl methyl sites for hydroxylation is 1. The molecule has 3 rings (SSSR count). The van der Waals surface area contributed by atoms with Crippen LogP contribution in [0.1, 0.15) is 59.0 Å². The number of ether oxygens (including phenoxy) is 1. The Bertz CT molecular complexity index is 1180. The van der Waals surface area contributed by atoms with Crippen molar-refractivity contribution in [3.8, 4) is 11.5 Å². The number of rotatable bonds is 13. The van der Waals surface area contributed by atoms with E-state index in [0.717, 1.165) is 24.2 Å². The topological polar surface area (TPSA) is 111 Å². The standard InChI is InChI=1S/C30H38N2O5/c1-30(2,32-19-28(35)23-12-13-27(34)25(17-23)20-33)18-22-8-4-10-24(15-22)29(36)31-14-6-9-21-7-5-11-26(16-21)37-3/h4-5,7-8,10-13,15-17,28,32-35H,6,9,14,18-20H2,1-3H3,(H,31,36)/t28-/m1/s1. The predicted octanol–water partition coefficient (Wildman–Crippen LogP) is 3.90. The monoisotopic (exact) mass is 506 g/mol. The van der Waals surface area contributed by atoms with Gasteiger partial charge in [-0.1, -0.05) is 30.3 Å². The molecule has 0 bridgehead atoms. The van der Waals surface area contributed by atoms with Crippen LogP contribution in [0.3, 0.4) is 0 Å². The molecule has 5 N–H and O–H groups in total. The zero-order valence-corrected chi connectivity index (χ0v) is 21.8. The minimum absolute atomic E-state index is 0.00696. The fourth-order valence-corrected chi connectivity index (χ4v) is 4.25. The number of aliphatic hydroxyl groups is 2. The molecule has 3 aromatic rings. The van der Waals surface area contributed by atoms with E-state index in [1.165, 1.54) is 11.6 Å². The largest absolute Gasteiger partial charge is 0.508 e. The summed E-state index contributed by atoms with van der Waals surface area (Å²) in [4.78, 5) is 12.7. The first kappa shape index (κ1) is 28.2. The summed E-state index contributed by atoms with van der Waals surface area (Å²) >= 11 is 0. The van der Waals surface area contributed by atoms with Crippen LogP contribution < -0.4 is 15.4 Å². The predicted molar refractivity (Wildman–Crippen MR) is 145 cm³/mol. The number of hydrogen-bond acceptors (Lipinski definition) is 6. The molecule has 3 aromatic carbocycles. The Balaban J connectivity index is 1.49. The SMILES string of the molecule is COc1cccc(CCCNC(=O)c2cccc(CC(C)(C)NC[C@@H](O)c3ccc(O)c(CO)c3)c2)c1. The zero-order valence-electron chi connectivity index (χ0n) is 21.8. The van der Waals surface area contributed by atoms with Gasteiger partial charge in [-0.15, -0.1) is 0 Å². The average molecular weight is 507 g/mol. The number of aromatic hydroxyl groups is 1. The molecule has 0 aliphatic carbocycles. The molecule has 0 radical (unpaired) electrons. The molecule has 7 nitrogen and oxygen atoms in total. The van der Waals surface area contributed by atoms with Gasteiger partial charge >= 0.3 is 0 Å². The quantitative estimate of drug-likeness (QED) is 0.225. The van der Waals surface area contributed by atoms with E-state index in [2.05, 4.69) is 16.7 Å². The van der Waals surface area contributed by atoms with Gasteiger partial charge < -0.3 is 30.7 Å². The maximum absolute atomic E-state index is 12.7. The van der Waals surface area contributed by atoms with Gasteiger partial charge in [0.2, 0.25) is 0 Å². The van der Waals surface area contributed by atoms with Crippen molar-refractivity contribution in [2.45, 2.75) is 51.4 Å². The van der Waals surface area contributed by atoms with Gasteiger partial charge in [-0.05, 0) is 86.2 Å². The lowest BCUT2D eigenvalue weighted by atomic mass is 9.93. The highest BCUT2D eigenvalue weighted by Crippen LogP contribution is 2.23. The number of β-amino-alcohol motifs (C(OH)–C–C–N with tert-alkyl or cyclic N) is 1. The van der Waals surface area contributed by atoms with Crippen molar-refractivity contribution in [1.29, 1.82) is 0 Å². The van der Waals surface area contributed by atoms with Crippen LogP contribution in [0, 0.1) is 0 Å². The molecule has 0 unspecified atom stereocenters. The van der Waals surface area contributed by atoms with Gasteiger partial charge in [-0.25, -0.2) is 0 Å². The van der Waals surface area contributed by atoms with Crippen molar-refractivity contribution < 1.29 is 24.9 Å². The van der Waals surface area contributed by atoms with E-state index in [-0.39, 0.29) is 23.8 Å². The normalized spacial score (nSPS) is 12.2. The van der Waals surface area contributed by atoms with Gasteiger partial charge in [-0.3, -0.25) is 4.79 Å². The van der Waals surface area contributed by atoms with Gasteiger partial charge in [0.1, 0.15) is 11.5 Å². The minimum Gasteiger partial charge on any atom is -0.508 e. The maximum Gasteiger partial charge on any atom is 0.251 e. The first-order valence-corrected chi connectivity index (χ1v) is 12.6. The third-order valence-corrected chi connectivity index (χ3v) is 6.33. The molecule has 0 spiro atoms. The second-order valence-electron chi connectivity index (χ2n) is 9.91. The number of benzene rings is 3. The Morgan fingerprint density at radius 1 is 1.03 bits per heavy atom. The van der Waals surface area contributed by atoms with E-state index in [4.69, 9.17) is 4.74 Å². The average Bonchev–Trinajstić information content (AvgIpc) is 2.90. The molecule has 37 heavy (non-hydrogen) atoms. The molecule has 1 amide bonds. The maximum atomic E-state index is 12.7. The smallest absolute Gasteiger partial charge is 0.251 e. The summed E-state index contributed by atoms with van der Waals surface area (Å²) in [5.41, 5.74) is 3.47. The van der Waals surface area contributed by atoms with Crippen LogP contribution in [0.4, 0.5) is 0 Å². The van der Waals surface area contributed by atoms with E-state index >= 15 is 0 Å². The van der Waals surface area contributed by atoms with Crippen molar-refractivity contribution in [2.24, 2.45) is 0 Å². The first-order chi connectivity index (χ1) is 17.7. The van der Waals surface area contributed by atoms with Crippen LogP contribution in [0.25, 0.3) is 0 Å². The highest BCUT2D eigenvalue weighted by atomic mass is 16.5. The van der Waals surface area contributed by atoms with E-state index in [1.54, 1.807) is 19.2 Å². The van der Waals surface area contributed by atoms with E-state index < -0.39 is 6.10 Å². The molecule has 0 fully saturated rings. The fraction of sp³-hybridized carbons (Fsp3) is 0.367. The van der Waals surface area contributed by atoms with Crippen LogP contribution in [0.15, 0.2) is 66.7 Å². The molecular weight excluding hydrogens is 468 g/mol. The molecule has 1 atom stereocenters. The molecule has 198 valence electrons. The molecule has 0 saturated carbocycles. The Hall–Kier alpha value is -3.39. The van der Waals surface area contributed by atoms with Crippen LogP contribution in [-0.4, -0.2) is 47.0 Å². The number of amides is 1. The van der Waals surface area contributed by atoms with Crippen molar-refractivity contribution in [3.05, 3.63) is 94.5 Å². The van der Waals surface area contributed by atoms with Crippen molar-refractivity contribution in [2.75, 3.05) is 20.2 Å². The Kier molecular flexibility index (Phi) is 10.1. The van der Waals surface area contributed by atoms with Crippen molar-refractivity contribution >= 4 is 5.91 Å². The number of nitrogens with one attached hydrogen (secondary N) is 2. The number of methoxy groups -OCH3 is 1. The van der Waals surface area contributed by atoms with Gasteiger partial charge in [0.15, 0.2) is 0 Å². The second-order valence-corrected chi connectivity index (χ2v) is 9.91. The van der Waals surface area contributed by atoms with Crippen LogP contribution in [0.5, 0.6) is 11.5 Å². The number of phenols is 1. The summed E-state index contributed by atoms with van der Waals surface area (Å²) in [5.74, 6) is 0.745. The molecule has 7 heteroatoms. The van der Waals surface area contributed by atoms with Crippen LogP contribution in [-0.2, 0) is 19.4 Å². The lowest BCUT2D eigenvalue weighted by Gasteiger charge is -2.28. The highest BCUT2D eigenvalue weighted by Gasteiger charge is 2.21. The summed E-state index contributed by atoms with van der Waals surface area (Å²) in [6, 6.07) is 20.3. The summed E-state index contributed by atoms with van der Waals surface area (Å²) in [7, 11) is 1.65. The van der Waals surface area contributed by atoms with Crippen LogP contribution >= 0.6 is 0 Å². The van der Waals surface area contributed by atoms with Gasteiger partial charge in [0.05, 0.1) is 19.8 Å². The summed E-state index contributed by atoms with van der Waals surface area (Å²) in [6.45, 7) is 4.68. The Morgan fingerprint density at radius 3 is 2.54 bits per heavy atom. The molecular formula is C30H38N2O5. The third-order valence-electron chi connectivity index (χ3n) is 6.33. The lowest BCUT2D eigenvalue weighted by Crippen LogP contribution is -2.43. The number of hydrogen-bond donors (Lipinski definition) is 5. The van der Waals surface area contributed by atoms with E-state index in [0.29, 0.717) is 36.2 Å². The van der Waals surface area contributed by atoms with Gasteiger partial charge in [0, 0.05) is 29.8 Å². The zero-order chi connectivity index (χ0) is 26.8. The highest BCUT2D eigenvalue weighted by molar-refractivity contribution is 5.94. The fourth-order valence-electron chi connectivity index (χ4n) is 4.25. The number of carbonyl (C=O) groups is 1. The van der Waals surface area contributed by atoms with Gasteiger partial charge in [0.25, 0.3) is 5.91 Å². The second kappa shape index (κ2) is 13.2. The van der Waals surface area contributed by atoms with E-state index in [1.807, 2.05) is 56.3 Å². The Labute approximate surface area is 219 Å². The number of aliphatic hydroxyl groups excluding tert-OH is 2.